The van der Waals surface area contributed by atoms with E-state index in [2.05, 4.69) is 10.3 Å². The monoisotopic (exact) mass is 315 g/mol. The van der Waals surface area contributed by atoms with Crippen LogP contribution in [-0.2, 0) is 13.6 Å². The highest BCUT2D eigenvalue weighted by molar-refractivity contribution is 6.30. The van der Waals surface area contributed by atoms with E-state index in [4.69, 9.17) is 11.6 Å². The van der Waals surface area contributed by atoms with Crippen molar-refractivity contribution in [2.45, 2.75) is 6.54 Å². The SMILES string of the molecule is Cn1c(-c2cccc(Cl)c2)cnc1NCc1cccc(F)c1. The van der Waals surface area contributed by atoms with Gasteiger partial charge in [-0.15, -0.1) is 0 Å². The predicted octanol–water partition coefficient (Wildman–Crippen LogP) is 4.49. The molecule has 0 radical (unpaired) electrons. The van der Waals surface area contributed by atoms with Crippen molar-refractivity contribution in [3.05, 3.63) is 71.1 Å². The standard InChI is InChI=1S/C17H15ClFN3/c1-22-16(13-5-3-6-14(18)9-13)11-21-17(22)20-10-12-4-2-7-15(19)8-12/h2-9,11H,10H2,1H3,(H,20,21). The molecule has 1 aromatic heterocycles. The van der Waals surface area contributed by atoms with Crippen LogP contribution in [0.5, 0.6) is 0 Å². The van der Waals surface area contributed by atoms with Gasteiger partial charge in [-0.2, -0.15) is 0 Å². The molecule has 5 heteroatoms. The molecule has 3 rings (SSSR count). The second-order valence-electron chi connectivity index (χ2n) is 5.02. The van der Waals surface area contributed by atoms with E-state index in [-0.39, 0.29) is 5.82 Å². The third-order valence-corrected chi connectivity index (χ3v) is 3.68. The van der Waals surface area contributed by atoms with Crippen LogP contribution >= 0.6 is 11.6 Å². The molecule has 0 spiro atoms. The van der Waals surface area contributed by atoms with E-state index in [0.29, 0.717) is 11.6 Å². The van der Waals surface area contributed by atoms with E-state index < -0.39 is 0 Å². The molecule has 2 aromatic carbocycles. The predicted molar refractivity (Wildman–Crippen MR) is 87.4 cm³/mol. The highest BCUT2D eigenvalue weighted by Crippen LogP contribution is 2.24. The van der Waals surface area contributed by atoms with Crippen LogP contribution in [-0.4, -0.2) is 9.55 Å². The number of hydrogen-bond acceptors (Lipinski definition) is 2. The van der Waals surface area contributed by atoms with Crippen LogP contribution in [0.2, 0.25) is 5.02 Å². The Morgan fingerprint density at radius 2 is 2.00 bits per heavy atom. The van der Waals surface area contributed by atoms with Gasteiger partial charge in [-0.25, -0.2) is 9.37 Å². The van der Waals surface area contributed by atoms with Gasteiger partial charge < -0.3 is 9.88 Å². The Morgan fingerprint density at radius 3 is 2.77 bits per heavy atom. The summed E-state index contributed by atoms with van der Waals surface area (Å²) >= 11 is 6.03. The van der Waals surface area contributed by atoms with Crippen LogP contribution in [0, 0.1) is 5.82 Å². The van der Waals surface area contributed by atoms with Crippen molar-refractivity contribution in [1.29, 1.82) is 0 Å². The van der Waals surface area contributed by atoms with Gasteiger partial charge in [0, 0.05) is 24.2 Å². The Bertz CT molecular complexity index is 798. The molecule has 0 saturated carbocycles. The van der Waals surface area contributed by atoms with Gasteiger partial charge in [-0.05, 0) is 29.8 Å². The van der Waals surface area contributed by atoms with Gasteiger partial charge in [-0.1, -0.05) is 35.9 Å². The van der Waals surface area contributed by atoms with Crippen LogP contribution in [0.15, 0.2) is 54.7 Å². The Balaban J connectivity index is 1.79. The summed E-state index contributed by atoms with van der Waals surface area (Å²) in [6.07, 6.45) is 1.79. The fourth-order valence-electron chi connectivity index (χ4n) is 2.32. The number of aromatic nitrogens is 2. The number of halogens is 2. The molecule has 1 heterocycles. The first-order chi connectivity index (χ1) is 10.6. The van der Waals surface area contributed by atoms with E-state index in [0.717, 1.165) is 22.8 Å². The Labute approximate surface area is 133 Å². The second kappa shape index (κ2) is 6.20. The minimum Gasteiger partial charge on any atom is -0.352 e. The first kappa shape index (κ1) is 14.6. The molecule has 22 heavy (non-hydrogen) atoms. The summed E-state index contributed by atoms with van der Waals surface area (Å²) in [5.41, 5.74) is 2.83. The van der Waals surface area contributed by atoms with Crippen LogP contribution in [0.4, 0.5) is 10.3 Å². The van der Waals surface area contributed by atoms with Crippen molar-refractivity contribution in [1.82, 2.24) is 9.55 Å². The smallest absolute Gasteiger partial charge is 0.203 e. The lowest BCUT2D eigenvalue weighted by molar-refractivity contribution is 0.626. The zero-order chi connectivity index (χ0) is 15.5. The molecule has 112 valence electrons. The first-order valence-electron chi connectivity index (χ1n) is 6.89. The maximum absolute atomic E-state index is 13.2. The average Bonchev–Trinajstić information content (AvgIpc) is 2.86. The van der Waals surface area contributed by atoms with Gasteiger partial charge in [0.25, 0.3) is 0 Å². The largest absolute Gasteiger partial charge is 0.352 e. The summed E-state index contributed by atoms with van der Waals surface area (Å²) in [6.45, 7) is 0.512. The van der Waals surface area contributed by atoms with Crippen LogP contribution in [0.3, 0.4) is 0 Å². The second-order valence-corrected chi connectivity index (χ2v) is 5.46. The molecule has 0 fully saturated rings. The van der Waals surface area contributed by atoms with Gasteiger partial charge in [0.15, 0.2) is 0 Å². The zero-order valence-corrected chi connectivity index (χ0v) is 12.8. The van der Waals surface area contributed by atoms with E-state index >= 15 is 0 Å². The molecule has 0 aliphatic heterocycles. The van der Waals surface area contributed by atoms with Gasteiger partial charge in [0.2, 0.25) is 5.95 Å². The molecule has 0 aliphatic rings. The van der Waals surface area contributed by atoms with E-state index in [1.54, 1.807) is 12.3 Å². The lowest BCUT2D eigenvalue weighted by Crippen LogP contribution is -2.05. The fraction of sp³-hybridized carbons (Fsp3) is 0.118. The molecule has 1 N–H and O–H groups in total. The number of anilines is 1. The molecule has 0 saturated heterocycles. The number of benzene rings is 2. The highest BCUT2D eigenvalue weighted by Gasteiger charge is 2.08. The molecule has 0 aliphatic carbocycles. The molecule has 0 bridgehead atoms. The summed E-state index contributed by atoms with van der Waals surface area (Å²) in [5, 5.41) is 3.90. The summed E-state index contributed by atoms with van der Waals surface area (Å²) in [6, 6.07) is 14.1. The van der Waals surface area contributed by atoms with Gasteiger partial charge in [0.1, 0.15) is 5.82 Å². The topological polar surface area (TPSA) is 29.9 Å². The number of hydrogen-bond donors (Lipinski definition) is 1. The Hall–Kier alpha value is -2.33. The van der Waals surface area contributed by atoms with Gasteiger partial charge >= 0.3 is 0 Å². The molecule has 0 unspecified atom stereocenters. The van der Waals surface area contributed by atoms with Crippen molar-refractivity contribution in [3.8, 4) is 11.3 Å². The minimum absolute atomic E-state index is 0.237. The molecule has 0 atom stereocenters. The van der Waals surface area contributed by atoms with Gasteiger partial charge in [0.05, 0.1) is 11.9 Å². The molecule has 3 nitrogen and oxygen atoms in total. The minimum atomic E-state index is -0.237. The Morgan fingerprint density at radius 1 is 1.18 bits per heavy atom. The zero-order valence-electron chi connectivity index (χ0n) is 12.1. The van der Waals surface area contributed by atoms with Crippen LogP contribution in [0.25, 0.3) is 11.3 Å². The maximum Gasteiger partial charge on any atom is 0.203 e. The third-order valence-electron chi connectivity index (χ3n) is 3.45. The highest BCUT2D eigenvalue weighted by atomic mass is 35.5. The molecule has 3 aromatic rings. The van der Waals surface area contributed by atoms with Crippen molar-refractivity contribution >= 4 is 17.5 Å². The molecular formula is C17H15ClFN3. The molecule has 0 amide bonds. The normalized spacial score (nSPS) is 10.7. The van der Waals surface area contributed by atoms with E-state index in [1.807, 2.05) is 41.9 Å². The summed E-state index contributed by atoms with van der Waals surface area (Å²) in [7, 11) is 1.93. The van der Waals surface area contributed by atoms with Crippen molar-refractivity contribution in [3.63, 3.8) is 0 Å². The number of nitrogens with zero attached hydrogens (tertiary/aromatic N) is 2. The lowest BCUT2D eigenvalue weighted by Gasteiger charge is -2.09. The number of nitrogens with one attached hydrogen (secondary N) is 1. The number of rotatable bonds is 4. The maximum atomic E-state index is 13.2. The summed E-state index contributed by atoms with van der Waals surface area (Å²) in [4.78, 5) is 4.37. The van der Waals surface area contributed by atoms with Gasteiger partial charge in [-0.3, -0.25) is 0 Å². The van der Waals surface area contributed by atoms with Crippen LogP contribution < -0.4 is 5.32 Å². The fourth-order valence-corrected chi connectivity index (χ4v) is 2.51. The van der Waals surface area contributed by atoms with Crippen molar-refractivity contribution < 1.29 is 4.39 Å². The van der Waals surface area contributed by atoms with Crippen molar-refractivity contribution in [2.24, 2.45) is 7.05 Å². The molecular weight excluding hydrogens is 301 g/mol. The van der Waals surface area contributed by atoms with E-state index in [9.17, 15) is 4.39 Å². The average molecular weight is 316 g/mol. The summed E-state index contributed by atoms with van der Waals surface area (Å²) < 4.78 is 15.1. The summed E-state index contributed by atoms with van der Waals surface area (Å²) in [5.74, 6) is 0.484. The third kappa shape index (κ3) is 3.12. The van der Waals surface area contributed by atoms with Crippen LogP contribution in [0.1, 0.15) is 5.56 Å². The lowest BCUT2D eigenvalue weighted by atomic mass is 10.2. The quantitative estimate of drug-likeness (QED) is 0.768. The Kier molecular flexibility index (Phi) is 4.11. The first-order valence-corrected chi connectivity index (χ1v) is 7.27. The number of imidazole rings is 1. The van der Waals surface area contributed by atoms with E-state index in [1.165, 1.54) is 12.1 Å². The van der Waals surface area contributed by atoms with Crippen molar-refractivity contribution in [2.75, 3.05) is 5.32 Å².